The van der Waals surface area contributed by atoms with Gasteiger partial charge in [-0.1, -0.05) is 0 Å². The van der Waals surface area contributed by atoms with Gasteiger partial charge < -0.3 is 18.8 Å². The molecule has 0 aromatic heterocycles. The molecular formula is C24H29BFNO5. The molecule has 0 bridgehead atoms. The number of benzene rings is 2. The van der Waals surface area contributed by atoms with Crippen LogP contribution < -0.4 is 15.5 Å². The number of hydrogen-bond acceptors (Lipinski definition) is 5. The average molecular weight is 441 g/mol. The zero-order valence-electron chi connectivity index (χ0n) is 19.6. The van der Waals surface area contributed by atoms with Crippen molar-refractivity contribution < 1.29 is 28.0 Å². The lowest BCUT2D eigenvalue weighted by atomic mass is 9.76. The molecule has 4 rings (SSSR count). The number of hydrogen-bond donors (Lipinski definition) is 1. The van der Waals surface area contributed by atoms with Crippen LogP contribution >= 0.6 is 0 Å². The fourth-order valence-electron chi connectivity index (χ4n) is 3.71. The Morgan fingerprint density at radius 1 is 1.06 bits per heavy atom. The normalized spacial score (nSPS) is 18.4. The van der Waals surface area contributed by atoms with Gasteiger partial charge in [-0.05, 0) is 78.8 Å². The molecule has 0 aliphatic carbocycles. The van der Waals surface area contributed by atoms with Crippen molar-refractivity contribution >= 4 is 24.4 Å². The molecule has 1 amide bonds. The predicted octanol–water partition coefficient (Wildman–Crippen LogP) is 5.17. The van der Waals surface area contributed by atoms with Crippen LogP contribution in [-0.2, 0) is 20.5 Å². The van der Waals surface area contributed by atoms with Crippen molar-refractivity contribution in [3.05, 3.63) is 47.3 Å². The van der Waals surface area contributed by atoms with Crippen molar-refractivity contribution in [3.63, 3.8) is 0 Å². The van der Waals surface area contributed by atoms with E-state index in [1.54, 1.807) is 32.9 Å². The number of ether oxygens (including phenoxy) is 2. The monoisotopic (exact) mass is 441 g/mol. The van der Waals surface area contributed by atoms with Gasteiger partial charge in [0.25, 0.3) is 0 Å². The van der Waals surface area contributed by atoms with Gasteiger partial charge >= 0.3 is 13.2 Å². The van der Waals surface area contributed by atoms with Gasteiger partial charge in [-0.3, -0.25) is 5.32 Å². The van der Waals surface area contributed by atoms with Crippen LogP contribution in [0.3, 0.4) is 0 Å². The van der Waals surface area contributed by atoms with Gasteiger partial charge in [0.2, 0.25) is 0 Å². The Morgan fingerprint density at radius 2 is 1.72 bits per heavy atom. The number of halogens is 1. The van der Waals surface area contributed by atoms with E-state index in [-0.39, 0.29) is 5.82 Å². The second-order valence-corrected chi connectivity index (χ2v) is 10.3. The van der Waals surface area contributed by atoms with E-state index in [4.69, 9.17) is 18.8 Å². The maximum Gasteiger partial charge on any atom is 0.498 e. The molecule has 0 unspecified atom stereocenters. The molecule has 0 spiro atoms. The maximum absolute atomic E-state index is 14.5. The third-order valence-corrected chi connectivity index (χ3v) is 5.97. The van der Waals surface area contributed by atoms with Gasteiger partial charge in [-0.15, -0.1) is 0 Å². The minimum atomic E-state index is -0.737. The molecule has 1 fully saturated rings. The van der Waals surface area contributed by atoms with Crippen LogP contribution in [0.15, 0.2) is 30.3 Å². The fourth-order valence-corrected chi connectivity index (χ4v) is 3.71. The number of anilines is 1. The van der Waals surface area contributed by atoms with E-state index in [0.717, 1.165) is 5.56 Å². The van der Waals surface area contributed by atoms with Gasteiger partial charge in [-0.25, -0.2) is 9.18 Å². The summed E-state index contributed by atoms with van der Waals surface area (Å²) < 4.78 is 38.3. The molecular weight excluding hydrogens is 412 g/mol. The molecule has 2 aromatic rings. The Labute approximate surface area is 188 Å². The molecule has 0 radical (unpaired) electrons. The Bertz CT molecular complexity index is 1060. The van der Waals surface area contributed by atoms with E-state index < -0.39 is 30.0 Å². The Balaban J connectivity index is 1.61. The van der Waals surface area contributed by atoms with Crippen molar-refractivity contribution in [1.29, 1.82) is 0 Å². The molecule has 8 heteroatoms. The van der Waals surface area contributed by atoms with Crippen LogP contribution in [-0.4, -0.2) is 30.0 Å². The lowest BCUT2D eigenvalue weighted by molar-refractivity contribution is 0.00578. The molecule has 2 aliphatic heterocycles. The topological polar surface area (TPSA) is 66.0 Å². The van der Waals surface area contributed by atoms with E-state index in [9.17, 15) is 9.18 Å². The second-order valence-electron chi connectivity index (χ2n) is 10.3. The lowest BCUT2D eigenvalue weighted by Gasteiger charge is -2.32. The molecule has 0 saturated carbocycles. The highest BCUT2D eigenvalue weighted by atomic mass is 19.1. The SMILES string of the molecule is CC(C)(C)OC(=O)Nc1ccc2c(c1)Cc1cc(F)cc(B3OC(C)(C)C(C)(C)O3)c1O2. The smallest absolute Gasteiger partial charge is 0.457 e. The fraction of sp³-hybridized carbons (Fsp3) is 0.458. The highest BCUT2D eigenvalue weighted by Crippen LogP contribution is 2.41. The first-order valence-corrected chi connectivity index (χ1v) is 10.7. The molecule has 1 N–H and O–H groups in total. The summed E-state index contributed by atoms with van der Waals surface area (Å²) in [5.74, 6) is 0.797. The van der Waals surface area contributed by atoms with Crippen molar-refractivity contribution in [2.24, 2.45) is 0 Å². The number of amides is 1. The van der Waals surface area contributed by atoms with Crippen LogP contribution in [0.25, 0.3) is 0 Å². The summed E-state index contributed by atoms with van der Waals surface area (Å²) in [6, 6.07) is 8.20. The quantitative estimate of drug-likeness (QED) is 0.556. The Kier molecular flexibility index (Phi) is 5.29. The highest BCUT2D eigenvalue weighted by molar-refractivity contribution is 6.63. The summed E-state index contributed by atoms with van der Waals surface area (Å²) in [6.07, 6.45) is -0.0950. The molecule has 2 heterocycles. The number of nitrogens with one attached hydrogen (secondary N) is 1. The van der Waals surface area contributed by atoms with Crippen molar-refractivity contribution in [2.45, 2.75) is 71.7 Å². The summed E-state index contributed by atoms with van der Waals surface area (Å²) >= 11 is 0. The standard InChI is InChI=1S/C24H29BFNO5/c1-22(2,3)30-21(28)27-17-8-9-19-14(12-17)10-15-11-16(26)13-18(20(15)29-19)25-31-23(4,5)24(6,7)32-25/h8-9,11-13H,10H2,1-7H3,(H,27,28). The largest absolute Gasteiger partial charge is 0.498 e. The van der Waals surface area contributed by atoms with Gasteiger partial charge in [0.15, 0.2) is 0 Å². The molecule has 2 aromatic carbocycles. The maximum atomic E-state index is 14.5. The Hall–Kier alpha value is -2.58. The van der Waals surface area contributed by atoms with Crippen LogP contribution in [0, 0.1) is 5.82 Å². The van der Waals surface area contributed by atoms with Gasteiger partial charge in [0.1, 0.15) is 22.9 Å². The van der Waals surface area contributed by atoms with Crippen LogP contribution in [0.4, 0.5) is 14.9 Å². The van der Waals surface area contributed by atoms with E-state index in [2.05, 4.69) is 5.32 Å². The van der Waals surface area contributed by atoms with Crippen molar-refractivity contribution in [2.75, 3.05) is 5.32 Å². The van der Waals surface area contributed by atoms with Gasteiger partial charge in [-0.2, -0.15) is 0 Å². The highest BCUT2D eigenvalue weighted by Gasteiger charge is 2.53. The first kappa shape index (κ1) is 22.6. The molecule has 6 nitrogen and oxygen atoms in total. The van der Waals surface area contributed by atoms with E-state index in [1.807, 2.05) is 33.8 Å². The average Bonchev–Trinajstić information content (AvgIpc) is 2.85. The number of rotatable bonds is 2. The summed E-state index contributed by atoms with van der Waals surface area (Å²) in [5, 5.41) is 2.73. The summed E-state index contributed by atoms with van der Waals surface area (Å²) in [7, 11) is -0.737. The Morgan fingerprint density at radius 3 is 2.34 bits per heavy atom. The molecule has 0 atom stereocenters. The molecule has 32 heavy (non-hydrogen) atoms. The number of carbonyl (C=O) groups is 1. The minimum absolute atomic E-state index is 0.386. The van der Waals surface area contributed by atoms with Crippen LogP contribution in [0.2, 0.25) is 0 Å². The van der Waals surface area contributed by atoms with E-state index >= 15 is 0 Å². The predicted molar refractivity (Wildman–Crippen MR) is 121 cm³/mol. The van der Waals surface area contributed by atoms with Crippen molar-refractivity contribution in [3.8, 4) is 11.5 Å². The van der Waals surface area contributed by atoms with Gasteiger partial charge in [0, 0.05) is 28.7 Å². The first-order valence-electron chi connectivity index (χ1n) is 10.7. The van der Waals surface area contributed by atoms with Crippen LogP contribution in [0.5, 0.6) is 11.5 Å². The molecule has 170 valence electrons. The zero-order valence-corrected chi connectivity index (χ0v) is 19.6. The van der Waals surface area contributed by atoms with E-state index in [1.165, 1.54) is 12.1 Å². The molecule has 1 saturated heterocycles. The zero-order chi connectivity index (χ0) is 23.5. The summed E-state index contributed by atoms with van der Waals surface area (Å²) in [6.45, 7) is 13.2. The third kappa shape index (κ3) is 4.34. The van der Waals surface area contributed by atoms with E-state index in [0.29, 0.717) is 34.6 Å². The number of carbonyl (C=O) groups excluding carboxylic acids is 1. The van der Waals surface area contributed by atoms with Crippen molar-refractivity contribution in [1.82, 2.24) is 0 Å². The summed E-state index contributed by atoms with van der Waals surface area (Å²) in [5.41, 5.74) is 0.931. The minimum Gasteiger partial charge on any atom is -0.457 e. The third-order valence-electron chi connectivity index (χ3n) is 5.97. The van der Waals surface area contributed by atoms with Gasteiger partial charge in [0.05, 0.1) is 11.2 Å². The molecule has 2 aliphatic rings. The summed E-state index contributed by atoms with van der Waals surface area (Å²) in [4.78, 5) is 12.1. The second kappa shape index (κ2) is 7.49. The van der Waals surface area contributed by atoms with Crippen LogP contribution in [0.1, 0.15) is 59.6 Å². The lowest BCUT2D eigenvalue weighted by Crippen LogP contribution is -2.41. The number of fused-ring (bicyclic) bond motifs is 2. The first-order chi connectivity index (χ1) is 14.7.